The zero-order chi connectivity index (χ0) is 22.7. The van der Waals surface area contributed by atoms with Crippen LogP contribution in [0.5, 0.6) is 5.75 Å². The summed E-state index contributed by atoms with van der Waals surface area (Å²) in [6.45, 7) is 3.82. The topological polar surface area (TPSA) is 26.3 Å². The standard InChI is InChI=1S/C27H21F3O2/c1-2-17-6-8-18(9-7-17)10-11-19-14-24(29)26(25(30)15-19)27(31)32-21-12-13-22-20(16-21)4-3-5-23(22)28/h2-5,12-18H,1,6-9H2. The molecule has 0 aliphatic heterocycles. The number of hydrogen-bond donors (Lipinski definition) is 0. The Hall–Kier alpha value is -3.52. The highest BCUT2D eigenvalue weighted by atomic mass is 19.1. The first-order valence-electron chi connectivity index (χ1n) is 10.5. The Morgan fingerprint density at radius 2 is 1.69 bits per heavy atom. The van der Waals surface area contributed by atoms with Crippen LogP contribution in [-0.4, -0.2) is 5.97 Å². The van der Waals surface area contributed by atoms with E-state index in [9.17, 15) is 18.0 Å². The van der Waals surface area contributed by atoms with Gasteiger partial charge in [-0.1, -0.05) is 30.0 Å². The first-order valence-corrected chi connectivity index (χ1v) is 10.5. The van der Waals surface area contributed by atoms with E-state index in [2.05, 4.69) is 18.4 Å². The smallest absolute Gasteiger partial charge is 0.349 e. The van der Waals surface area contributed by atoms with Gasteiger partial charge in [-0.2, -0.15) is 0 Å². The largest absolute Gasteiger partial charge is 0.423 e. The average Bonchev–Trinajstić information content (AvgIpc) is 2.77. The summed E-state index contributed by atoms with van der Waals surface area (Å²) in [5, 5.41) is 0.856. The first-order chi connectivity index (χ1) is 15.4. The number of hydrogen-bond acceptors (Lipinski definition) is 2. The van der Waals surface area contributed by atoms with Crippen molar-refractivity contribution in [1.29, 1.82) is 0 Å². The fraction of sp³-hybridized carbons (Fsp3) is 0.222. The molecule has 1 saturated carbocycles. The molecule has 162 valence electrons. The summed E-state index contributed by atoms with van der Waals surface area (Å²) in [5.74, 6) is 3.00. The third kappa shape index (κ3) is 4.70. The van der Waals surface area contributed by atoms with Gasteiger partial charge in [0.15, 0.2) is 0 Å². The molecule has 0 aromatic heterocycles. The number of allylic oxidation sites excluding steroid dienone is 1. The summed E-state index contributed by atoms with van der Waals surface area (Å²) in [7, 11) is 0. The van der Waals surface area contributed by atoms with Crippen molar-refractivity contribution in [3.05, 3.63) is 89.8 Å². The number of carbonyl (C=O) groups is 1. The van der Waals surface area contributed by atoms with Crippen LogP contribution in [0.3, 0.4) is 0 Å². The van der Waals surface area contributed by atoms with Crippen molar-refractivity contribution in [2.45, 2.75) is 25.7 Å². The molecule has 0 radical (unpaired) electrons. The van der Waals surface area contributed by atoms with Crippen LogP contribution in [0, 0.1) is 41.1 Å². The molecule has 32 heavy (non-hydrogen) atoms. The fourth-order valence-corrected chi connectivity index (χ4v) is 3.97. The first kappa shape index (κ1) is 21.7. The van der Waals surface area contributed by atoms with E-state index in [1.54, 1.807) is 6.07 Å². The highest BCUT2D eigenvalue weighted by Gasteiger charge is 2.21. The van der Waals surface area contributed by atoms with Gasteiger partial charge in [-0.3, -0.25) is 0 Å². The van der Waals surface area contributed by atoms with Crippen LogP contribution in [0.25, 0.3) is 10.8 Å². The molecule has 3 aromatic carbocycles. The van der Waals surface area contributed by atoms with E-state index in [1.165, 1.54) is 30.3 Å². The summed E-state index contributed by atoms with van der Waals surface area (Å²) in [4.78, 5) is 12.4. The number of fused-ring (bicyclic) bond motifs is 1. The summed E-state index contributed by atoms with van der Waals surface area (Å²) < 4.78 is 48.0. The van der Waals surface area contributed by atoms with Crippen LogP contribution in [0.15, 0.2) is 61.2 Å². The van der Waals surface area contributed by atoms with Gasteiger partial charge in [0, 0.05) is 16.9 Å². The Kier molecular flexibility index (Phi) is 6.32. The molecule has 1 aliphatic carbocycles. The predicted octanol–water partition coefficient (Wildman–Crippen LogP) is 6.82. The molecule has 0 unspecified atom stereocenters. The summed E-state index contributed by atoms with van der Waals surface area (Å²) in [6.07, 6.45) is 5.83. The molecule has 0 saturated heterocycles. The molecule has 1 aliphatic rings. The van der Waals surface area contributed by atoms with Gasteiger partial charge in [-0.15, -0.1) is 6.58 Å². The van der Waals surface area contributed by atoms with Gasteiger partial charge in [-0.05, 0) is 73.4 Å². The third-order valence-corrected chi connectivity index (χ3v) is 5.78. The lowest BCUT2D eigenvalue weighted by atomic mass is 9.82. The van der Waals surface area contributed by atoms with Gasteiger partial charge in [0.1, 0.15) is 28.8 Å². The molecule has 3 aromatic rings. The molecular weight excluding hydrogens is 413 g/mol. The summed E-state index contributed by atoms with van der Waals surface area (Å²) in [6, 6.07) is 10.8. The Morgan fingerprint density at radius 1 is 0.969 bits per heavy atom. The lowest BCUT2D eigenvalue weighted by Crippen LogP contribution is -2.13. The second-order valence-electron chi connectivity index (χ2n) is 7.94. The van der Waals surface area contributed by atoms with Crippen molar-refractivity contribution < 1.29 is 22.7 Å². The maximum absolute atomic E-state index is 14.6. The minimum Gasteiger partial charge on any atom is -0.423 e. The highest BCUT2D eigenvalue weighted by Crippen LogP contribution is 2.29. The zero-order valence-electron chi connectivity index (χ0n) is 17.3. The van der Waals surface area contributed by atoms with E-state index >= 15 is 0 Å². The SMILES string of the molecule is C=CC1CCC(C#Cc2cc(F)c(C(=O)Oc3ccc4c(F)cccc4c3)c(F)c2)CC1. The van der Waals surface area contributed by atoms with Crippen LogP contribution < -0.4 is 4.74 Å². The average molecular weight is 434 g/mol. The minimum atomic E-state index is -1.17. The summed E-state index contributed by atoms with van der Waals surface area (Å²) in [5.41, 5.74) is -0.620. The number of esters is 1. The lowest BCUT2D eigenvalue weighted by molar-refractivity contribution is 0.0725. The number of rotatable bonds is 3. The van der Waals surface area contributed by atoms with Gasteiger partial charge < -0.3 is 4.74 Å². The van der Waals surface area contributed by atoms with E-state index < -0.39 is 29.0 Å². The van der Waals surface area contributed by atoms with Crippen LogP contribution in [0.2, 0.25) is 0 Å². The quantitative estimate of drug-likeness (QED) is 0.196. The maximum atomic E-state index is 14.6. The zero-order valence-corrected chi connectivity index (χ0v) is 17.3. The molecule has 0 N–H and O–H groups in total. The Labute approximate surface area is 184 Å². The van der Waals surface area contributed by atoms with Crippen molar-refractivity contribution in [2.24, 2.45) is 11.8 Å². The molecule has 0 heterocycles. The molecule has 0 bridgehead atoms. The molecule has 4 rings (SSSR count). The third-order valence-electron chi connectivity index (χ3n) is 5.78. The van der Waals surface area contributed by atoms with Gasteiger partial charge in [0.05, 0.1) is 0 Å². The number of benzene rings is 3. The second kappa shape index (κ2) is 9.32. The number of carbonyl (C=O) groups excluding carboxylic acids is 1. The van der Waals surface area contributed by atoms with E-state index in [4.69, 9.17) is 4.74 Å². The molecule has 2 nitrogen and oxygen atoms in total. The molecule has 0 spiro atoms. The molecular formula is C27H21F3O2. The van der Waals surface area contributed by atoms with Crippen molar-refractivity contribution >= 4 is 16.7 Å². The highest BCUT2D eigenvalue weighted by molar-refractivity contribution is 5.93. The van der Waals surface area contributed by atoms with Crippen molar-refractivity contribution in [3.63, 3.8) is 0 Å². The van der Waals surface area contributed by atoms with Crippen LogP contribution in [0.1, 0.15) is 41.6 Å². The lowest BCUT2D eigenvalue weighted by Gasteiger charge is -2.22. The molecule has 0 atom stereocenters. The fourth-order valence-electron chi connectivity index (χ4n) is 3.97. The van der Waals surface area contributed by atoms with Crippen molar-refractivity contribution in [1.82, 2.24) is 0 Å². The van der Waals surface area contributed by atoms with E-state index in [-0.39, 0.29) is 17.2 Å². The number of halogens is 3. The Balaban J connectivity index is 1.50. The van der Waals surface area contributed by atoms with Crippen LogP contribution in [0.4, 0.5) is 13.2 Å². The Bertz CT molecular complexity index is 1220. The summed E-state index contributed by atoms with van der Waals surface area (Å²) >= 11 is 0. The van der Waals surface area contributed by atoms with Crippen LogP contribution in [-0.2, 0) is 0 Å². The number of ether oxygens (including phenoxy) is 1. The van der Waals surface area contributed by atoms with Gasteiger partial charge >= 0.3 is 5.97 Å². The minimum absolute atomic E-state index is 0.0610. The van der Waals surface area contributed by atoms with Crippen LogP contribution >= 0.6 is 0 Å². The van der Waals surface area contributed by atoms with E-state index in [0.29, 0.717) is 16.7 Å². The normalized spacial score (nSPS) is 18.0. The molecule has 0 amide bonds. The molecule has 5 heteroatoms. The van der Waals surface area contributed by atoms with E-state index in [1.807, 2.05) is 6.08 Å². The second-order valence-corrected chi connectivity index (χ2v) is 7.94. The maximum Gasteiger partial charge on any atom is 0.349 e. The molecule has 1 fully saturated rings. The van der Waals surface area contributed by atoms with E-state index in [0.717, 1.165) is 37.8 Å². The monoisotopic (exact) mass is 434 g/mol. The van der Waals surface area contributed by atoms with Gasteiger partial charge in [0.25, 0.3) is 0 Å². The van der Waals surface area contributed by atoms with Crippen molar-refractivity contribution in [2.75, 3.05) is 0 Å². The van der Waals surface area contributed by atoms with Crippen molar-refractivity contribution in [3.8, 4) is 17.6 Å². The predicted molar refractivity (Wildman–Crippen MR) is 118 cm³/mol. The Morgan fingerprint density at radius 3 is 2.38 bits per heavy atom. The van der Waals surface area contributed by atoms with Gasteiger partial charge in [-0.25, -0.2) is 18.0 Å². The van der Waals surface area contributed by atoms with Gasteiger partial charge in [0.2, 0.25) is 0 Å².